The first-order chi connectivity index (χ1) is 12.8. The molecule has 0 spiro atoms. The van der Waals surface area contributed by atoms with E-state index in [2.05, 4.69) is 0 Å². The van der Waals surface area contributed by atoms with Crippen LogP contribution in [0, 0.1) is 11.6 Å². The summed E-state index contributed by atoms with van der Waals surface area (Å²) in [7, 11) is 0. The SMILES string of the molecule is CC1(C)OC(=O)C(=Cc2ccccc2COc2cccc(F)c2F)C(=O)O1. The van der Waals surface area contributed by atoms with Crippen LogP contribution in [0.3, 0.4) is 0 Å². The van der Waals surface area contributed by atoms with Crippen LogP contribution in [-0.2, 0) is 25.7 Å². The normalized spacial score (nSPS) is 15.8. The van der Waals surface area contributed by atoms with Crippen molar-refractivity contribution in [3.63, 3.8) is 0 Å². The summed E-state index contributed by atoms with van der Waals surface area (Å²) in [6.45, 7) is 2.81. The summed E-state index contributed by atoms with van der Waals surface area (Å²) in [5.41, 5.74) is 0.774. The molecule has 0 N–H and O–H groups in total. The van der Waals surface area contributed by atoms with Gasteiger partial charge in [0.25, 0.3) is 5.79 Å². The van der Waals surface area contributed by atoms with Gasteiger partial charge >= 0.3 is 11.9 Å². The molecule has 2 aromatic rings. The summed E-state index contributed by atoms with van der Waals surface area (Å²) < 4.78 is 42.4. The molecule has 2 aromatic carbocycles. The molecule has 0 aliphatic carbocycles. The Balaban J connectivity index is 1.85. The smallest absolute Gasteiger partial charge is 0.348 e. The van der Waals surface area contributed by atoms with Gasteiger partial charge in [-0.3, -0.25) is 0 Å². The summed E-state index contributed by atoms with van der Waals surface area (Å²) in [6.07, 6.45) is 1.32. The van der Waals surface area contributed by atoms with E-state index in [-0.39, 0.29) is 17.9 Å². The maximum absolute atomic E-state index is 13.7. The third-order valence-electron chi connectivity index (χ3n) is 3.77. The zero-order valence-electron chi connectivity index (χ0n) is 14.6. The Hall–Kier alpha value is -3.22. The molecule has 5 nitrogen and oxygen atoms in total. The monoisotopic (exact) mass is 374 g/mol. The van der Waals surface area contributed by atoms with Crippen molar-refractivity contribution in [1.29, 1.82) is 0 Å². The third kappa shape index (κ3) is 4.13. The molecule has 1 heterocycles. The standard InChI is InChI=1S/C20H16F2O5/c1-20(2)26-18(23)14(19(24)27-20)10-12-6-3-4-7-13(12)11-25-16-9-5-8-15(21)17(16)22/h3-10H,11H2,1-2H3. The average molecular weight is 374 g/mol. The molecule has 3 rings (SSSR count). The molecule has 0 unspecified atom stereocenters. The molecule has 0 aromatic heterocycles. The Morgan fingerprint density at radius 1 is 1.00 bits per heavy atom. The van der Waals surface area contributed by atoms with Gasteiger partial charge in [0.2, 0.25) is 5.82 Å². The van der Waals surface area contributed by atoms with Gasteiger partial charge in [0.05, 0.1) is 0 Å². The van der Waals surface area contributed by atoms with Crippen LogP contribution in [0.25, 0.3) is 6.08 Å². The van der Waals surface area contributed by atoms with Crippen molar-refractivity contribution in [2.24, 2.45) is 0 Å². The van der Waals surface area contributed by atoms with Crippen LogP contribution in [0.2, 0.25) is 0 Å². The summed E-state index contributed by atoms with van der Waals surface area (Å²) in [5, 5.41) is 0. The number of carbonyl (C=O) groups excluding carboxylic acids is 2. The second-order valence-corrected chi connectivity index (χ2v) is 6.28. The van der Waals surface area contributed by atoms with Gasteiger partial charge in [-0.15, -0.1) is 0 Å². The lowest BCUT2D eigenvalue weighted by atomic mass is 10.0. The topological polar surface area (TPSA) is 61.8 Å². The zero-order chi connectivity index (χ0) is 19.6. The molecule has 0 amide bonds. The molecule has 140 valence electrons. The Morgan fingerprint density at radius 2 is 1.67 bits per heavy atom. The van der Waals surface area contributed by atoms with Gasteiger partial charge in [0.15, 0.2) is 11.6 Å². The molecule has 1 aliphatic heterocycles. The van der Waals surface area contributed by atoms with Crippen molar-refractivity contribution in [2.45, 2.75) is 26.2 Å². The van der Waals surface area contributed by atoms with E-state index >= 15 is 0 Å². The summed E-state index contributed by atoms with van der Waals surface area (Å²) in [5.74, 6) is -5.28. The second kappa shape index (κ2) is 7.19. The zero-order valence-corrected chi connectivity index (χ0v) is 14.6. The number of halogens is 2. The van der Waals surface area contributed by atoms with Crippen molar-refractivity contribution in [2.75, 3.05) is 0 Å². The lowest BCUT2D eigenvalue weighted by Gasteiger charge is -2.29. The number of carbonyl (C=O) groups is 2. The minimum absolute atomic E-state index is 0.101. The van der Waals surface area contributed by atoms with Crippen LogP contribution in [0.1, 0.15) is 25.0 Å². The minimum atomic E-state index is -1.33. The van der Waals surface area contributed by atoms with Gasteiger partial charge in [-0.05, 0) is 29.3 Å². The lowest BCUT2D eigenvalue weighted by Crippen LogP contribution is -2.41. The number of rotatable bonds is 4. The lowest BCUT2D eigenvalue weighted by molar-refractivity contribution is -0.222. The van der Waals surface area contributed by atoms with E-state index < -0.39 is 29.4 Å². The Bertz CT molecular complexity index is 912. The fourth-order valence-corrected chi connectivity index (χ4v) is 2.49. The van der Waals surface area contributed by atoms with Crippen LogP contribution in [0.15, 0.2) is 48.0 Å². The van der Waals surface area contributed by atoms with E-state index in [0.717, 1.165) is 6.07 Å². The summed E-state index contributed by atoms with van der Waals surface area (Å²) in [6, 6.07) is 10.4. The van der Waals surface area contributed by atoms with Crippen LogP contribution < -0.4 is 4.74 Å². The number of benzene rings is 2. The van der Waals surface area contributed by atoms with Crippen molar-refractivity contribution in [1.82, 2.24) is 0 Å². The number of cyclic esters (lactones) is 2. The highest BCUT2D eigenvalue weighted by atomic mass is 19.2. The first-order valence-corrected chi connectivity index (χ1v) is 8.10. The first-order valence-electron chi connectivity index (χ1n) is 8.10. The van der Waals surface area contributed by atoms with E-state index in [9.17, 15) is 18.4 Å². The number of hydrogen-bond donors (Lipinski definition) is 0. The quantitative estimate of drug-likeness (QED) is 0.463. The number of esters is 2. The summed E-state index contributed by atoms with van der Waals surface area (Å²) in [4.78, 5) is 24.2. The molecule has 0 atom stereocenters. The minimum Gasteiger partial charge on any atom is -0.486 e. The van der Waals surface area contributed by atoms with Crippen LogP contribution in [-0.4, -0.2) is 17.7 Å². The molecule has 0 radical (unpaired) electrons. The molecule has 1 saturated heterocycles. The largest absolute Gasteiger partial charge is 0.486 e. The fraction of sp³-hybridized carbons (Fsp3) is 0.200. The van der Waals surface area contributed by atoms with E-state index in [4.69, 9.17) is 14.2 Å². The Kier molecular flexibility index (Phi) is 4.94. The molecule has 0 saturated carbocycles. The van der Waals surface area contributed by atoms with Gasteiger partial charge in [0, 0.05) is 13.8 Å². The van der Waals surface area contributed by atoms with E-state index in [1.54, 1.807) is 24.3 Å². The van der Waals surface area contributed by atoms with Crippen LogP contribution in [0.5, 0.6) is 5.75 Å². The van der Waals surface area contributed by atoms with Gasteiger partial charge < -0.3 is 14.2 Å². The molecule has 27 heavy (non-hydrogen) atoms. The maximum atomic E-state index is 13.7. The van der Waals surface area contributed by atoms with Crippen molar-refractivity contribution < 1.29 is 32.6 Å². The van der Waals surface area contributed by atoms with Gasteiger partial charge in [-0.25, -0.2) is 14.0 Å². The maximum Gasteiger partial charge on any atom is 0.348 e. The predicted octanol–water partition coefficient (Wildman–Crippen LogP) is 3.76. The van der Waals surface area contributed by atoms with E-state index in [0.29, 0.717) is 11.1 Å². The second-order valence-electron chi connectivity index (χ2n) is 6.28. The number of hydrogen-bond acceptors (Lipinski definition) is 5. The predicted molar refractivity (Wildman–Crippen MR) is 91.4 cm³/mol. The Morgan fingerprint density at radius 3 is 2.37 bits per heavy atom. The van der Waals surface area contributed by atoms with Crippen molar-refractivity contribution in [3.05, 3.63) is 70.8 Å². The highest BCUT2D eigenvalue weighted by Crippen LogP contribution is 2.26. The van der Waals surface area contributed by atoms with Crippen LogP contribution in [0.4, 0.5) is 8.78 Å². The summed E-state index contributed by atoms with van der Waals surface area (Å²) >= 11 is 0. The van der Waals surface area contributed by atoms with E-state index in [1.165, 1.54) is 32.1 Å². The molecular formula is C20H16F2O5. The van der Waals surface area contributed by atoms with Crippen molar-refractivity contribution in [3.8, 4) is 5.75 Å². The molecule has 7 heteroatoms. The highest BCUT2D eigenvalue weighted by Gasteiger charge is 2.38. The van der Waals surface area contributed by atoms with Gasteiger partial charge in [0.1, 0.15) is 12.2 Å². The molecule has 1 fully saturated rings. The van der Waals surface area contributed by atoms with Crippen LogP contribution >= 0.6 is 0 Å². The third-order valence-corrected chi connectivity index (χ3v) is 3.77. The highest BCUT2D eigenvalue weighted by molar-refractivity contribution is 6.18. The molecule has 0 bridgehead atoms. The fourth-order valence-electron chi connectivity index (χ4n) is 2.49. The number of ether oxygens (including phenoxy) is 3. The van der Waals surface area contributed by atoms with Gasteiger partial charge in [-0.2, -0.15) is 4.39 Å². The van der Waals surface area contributed by atoms with E-state index in [1.807, 2.05) is 0 Å². The Labute approximate surface area is 154 Å². The van der Waals surface area contributed by atoms with Crippen molar-refractivity contribution >= 4 is 18.0 Å². The van der Waals surface area contributed by atoms with Gasteiger partial charge in [-0.1, -0.05) is 30.3 Å². The average Bonchev–Trinajstić information content (AvgIpc) is 2.59. The first kappa shape index (κ1) is 18.6. The molecule has 1 aliphatic rings. The molecular weight excluding hydrogens is 358 g/mol.